The van der Waals surface area contributed by atoms with Crippen molar-refractivity contribution in [1.29, 1.82) is 0 Å². The van der Waals surface area contributed by atoms with Gasteiger partial charge in [0.1, 0.15) is 5.56 Å². The summed E-state index contributed by atoms with van der Waals surface area (Å²) in [5, 5.41) is 9.86. The summed E-state index contributed by atoms with van der Waals surface area (Å²) >= 11 is 6.21. The van der Waals surface area contributed by atoms with Crippen molar-refractivity contribution in [2.75, 3.05) is 18.0 Å². The van der Waals surface area contributed by atoms with Gasteiger partial charge in [-0.1, -0.05) is 29.8 Å². The third-order valence-electron chi connectivity index (χ3n) is 3.77. The van der Waals surface area contributed by atoms with E-state index < -0.39 is 5.97 Å². The Hall–Kier alpha value is -2.14. The van der Waals surface area contributed by atoms with Gasteiger partial charge in [0.15, 0.2) is 0 Å². The maximum Gasteiger partial charge on any atom is 0.339 e. The third kappa shape index (κ3) is 2.90. The molecule has 0 amide bonds. The van der Waals surface area contributed by atoms with Crippen LogP contribution in [0.2, 0.25) is 5.02 Å². The van der Waals surface area contributed by atoms with Crippen molar-refractivity contribution in [1.82, 2.24) is 9.97 Å². The zero-order valence-electron chi connectivity index (χ0n) is 12.0. The molecule has 2 aromatic rings. The van der Waals surface area contributed by atoms with E-state index in [1.165, 1.54) is 12.6 Å². The number of anilines is 1. The van der Waals surface area contributed by atoms with Crippen LogP contribution in [0.1, 0.15) is 29.6 Å². The molecule has 1 aliphatic heterocycles. The molecule has 114 valence electrons. The molecule has 1 N–H and O–H groups in total. The van der Waals surface area contributed by atoms with Crippen molar-refractivity contribution in [3.63, 3.8) is 0 Å². The summed E-state index contributed by atoms with van der Waals surface area (Å²) in [4.78, 5) is 22.3. The van der Waals surface area contributed by atoms with Gasteiger partial charge in [0.05, 0.1) is 5.69 Å². The van der Waals surface area contributed by atoms with Gasteiger partial charge in [0, 0.05) is 29.9 Å². The molecule has 0 unspecified atom stereocenters. The molecule has 0 bridgehead atoms. The summed E-state index contributed by atoms with van der Waals surface area (Å²) < 4.78 is 0. The molecule has 5 nitrogen and oxygen atoms in total. The fourth-order valence-electron chi connectivity index (χ4n) is 2.63. The van der Waals surface area contributed by atoms with Crippen LogP contribution in [0.3, 0.4) is 0 Å². The first-order valence-electron chi connectivity index (χ1n) is 7.27. The topological polar surface area (TPSA) is 66.3 Å². The van der Waals surface area contributed by atoms with Gasteiger partial charge < -0.3 is 10.0 Å². The van der Waals surface area contributed by atoms with E-state index in [1.807, 2.05) is 6.07 Å². The largest absolute Gasteiger partial charge is 0.478 e. The van der Waals surface area contributed by atoms with Crippen molar-refractivity contribution in [3.8, 4) is 11.3 Å². The van der Waals surface area contributed by atoms with E-state index in [9.17, 15) is 9.90 Å². The molecule has 0 saturated carbocycles. The average molecular weight is 318 g/mol. The number of halogens is 1. The molecule has 2 heterocycles. The number of rotatable bonds is 3. The first-order valence-corrected chi connectivity index (χ1v) is 7.65. The molecule has 22 heavy (non-hydrogen) atoms. The molecule has 1 saturated heterocycles. The molecule has 0 atom stereocenters. The summed E-state index contributed by atoms with van der Waals surface area (Å²) in [7, 11) is 0. The fourth-order valence-corrected chi connectivity index (χ4v) is 2.86. The normalized spacial score (nSPS) is 14.9. The second kappa shape index (κ2) is 6.32. The number of aromatic carboxylic acids is 1. The molecule has 0 spiro atoms. The summed E-state index contributed by atoms with van der Waals surface area (Å²) in [6.07, 6.45) is 4.79. The minimum Gasteiger partial charge on any atom is -0.478 e. The van der Waals surface area contributed by atoms with Gasteiger partial charge in [0.2, 0.25) is 5.95 Å². The van der Waals surface area contributed by atoms with Crippen LogP contribution in [0.15, 0.2) is 30.5 Å². The van der Waals surface area contributed by atoms with Gasteiger partial charge in [-0.2, -0.15) is 0 Å². The van der Waals surface area contributed by atoms with Gasteiger partial charge in [-0.05, 0) is 25.3 Å². The minimum atomic E-state index is -1.06. The molecule has 1 aromatic carbocycles. The van der Waals surface area contributed by atoms with Crippen LogP contribution in [-0.4, -0.2) is 34.1 Å². The monoisotopic (exact) mass is 317 g/mol. The van der Waals surface area contributed by atoms with Crippen LogP contribution in [-0.2, 0) is 0 Å². The average Bonchev–Trinajstić information content (AvgIpc) is 2.55. The molecule has 0 aliphatic carbocycles. The predicted octanol–water partition coefficient (Wildman–Crippen LogP) is 3.49. The maximum absolute atomic E-state index is 11.5. The number of hydrogen-bond acceptors (Lipinski definition) is 4. The highest BCUT2D eigenvalue weighted by molar-refractivity contribution is 6.33. The van der Waals surface area contributed by atoms with Crippen LogP contribution in [0, 0.1) is 0 Å². The summed E-state index contributed by atoms with van der Waals surface area (Å²) in [5.41, 5.74) is 1.05. The lowest BCUT2D eigenvalue weighted by Gasteiger charge is -2.27. The van der Waals surface area contributed by atoms with E-state index in [-0.39, 0.29) is 5.56 Å². The van der Waals surface area contributed by atoms with Crippen molar-refractivity contribution < 1.29 is 9.90 Å². The Labute approximate surface area is 133 Å². The van der Waals surface area contributed by atoms with Crippen molar-refractivity contribution >= 4 is 23.5 Å². The van der Waals surface area contributed by atoms with Crippen molar-refractivity contribution in [2.45, 2.75) is 19.3 Å². The number of aromatic nitrogens is 2. The van der Waals surface area contributed by atoms with E-state index in [1.54, 1.807) is 18.2 Å². The van der Waals surface area contributed by atoms with E-state index in [2.05, 4.69) is 14.9 Å². The summed E-state index contributed by atoms with van der Waals surface area (Å²) in [5.74, 6) is -0.486. The van der Waals surface area contributed by atoms with E-state index in [0.717, 1.165) is 25.9 Å². The van der Waals surface area contributed by atoms with Crippen LogP contribution in [0.5, 0.6) is 0 Å². The van der Waals surface area contributed by atoms with E-state index in [4.69, 9.17) is 11.6 Å². The Morgan fingerprint density at radius 3 is 2.59 bits per heavy atom. The Morgan fingerprint density at radius 1 is 1.18 bits per heavy atom. The Bertz CT molecular complexity index is 700. The molecular formula is C16H16ClN3O2. The molecule has 1 aliphatic rings. The Kier molecular flexibility index (Phi) is 4.24. The van der Waals surface area contributed by atoms with Crippen LogP contribution >= 0.6 is 11.6 Å². The van der Waals surface area contributed by atoms with E-state index >= 15 is 0 Å². The third-order valence-corrected chi connectivity index (χ3v) is 4.10. The second-order valence-corrected chi connectivity index (χ2v) is 5.67. The number of carbonyl (C=O) groups is 1. The number of hydrogen-bond donors (Lipinski definition) is 1. The number of piperidine rings is 1. The van der Waals surface area contributed by atoms with Gasteiger partial charge in [-0.3, -0.25) is 0 Å². The molecule has 1 aromatic heterocycles. The molecule has 1 fully saturated rings. The van der Waals surface area contributed by atoms with Crippen molar-refractivity contribution in [2.24, 2.45) is 0 Å². The van der Waals surface area contributed by atoms with Crippen LogP contribution < -0.4 is 4.90 Å². The van der Waals surface area contributed by atoms with Crippen molar-refractivity contribution in [3.05, 3.63) is 41.0 Å². The lowest BCUT2D eigenvalue weighted by Crippen LogP contribution is -2.31. The minimum absolute atomic E-state index is 0.0638. The number of nitrogens with zero attached hydrogens (tertiary/aromatic N) is 3. The first kappa shape index (κ1) is 14.8. The zero-order valence-corrected chi connectivity index (χ0v) is 12.8. The Balaban J connectivity index is 2.09. The Morgan fingerprint density at radius 2 is 1.91 bits per heavy atom. The molecular weight excluding hydrogens is 302 g/mol. The van der Waals surface area contributed by atoms with Gasteiger partial charge in [0.25, 0.3) is 0 Å². The molecule has 6 heteroatoms. The fraction of sp³-hybridized carbons (Fsp3) is 0.312. The SMILES string of the molecule is O=C(O)c1cnc(N2CCCCC2)nc1-c1ccccc1Cl. The van der Waals surface area contributed by atoms with Gasteiger partial charge in [-0.15, -0.1) is 0 Å². The highest BCUT2D eigenvalue weighted by Crippen LogP contribution is 2.30. The summed E-state index contributed by atoms with van der Waals surface area (Å²) in [6.45, 7) is 1.79. The maximum atomic E-state index is 11.5. The van der Waals surface area contributed by atoms with E-state index in [0.29, 0.717) is 22.2 Å². The van der Waals surface area contributed by atoms with Crippen LogP contribution in [0.4, 0.5) is 5.95 Å². The van der Waals surface area contributed by atoms with Gasteiger partial charge in [-0.25, -0.2) is 14.8 Å². The number of carboxylic acids is 1. The molecule has 0 radical (unpaired) electrons. The molecule has 3 rings (SSSR count). The lowest BCUT2D eigenvalue weighted by atomic mass is 10.1. The summed E-state index contributed by atoms with van der Waals surface area (Å²) in [6, 6.07) is 7.12. The quantitative estimate of drug-likeness (QED) is 0.938. The van der Waals surface area contributed by atoms with Gasteiger partial charge >= 0.3 is 5.97 Å². The second-order valence-electron chi connectivity index (χ2n) is 5.26. The lowest BCUT2D eigenvalue weighted by molar-refractivity contribution is 0.0697. The smallest absolute Gasteiger partial charge is 0.339 e. The highest BCUT2D eigenvalue weighted by atomic mass is 35.5. The zero-order chi connectivity index (χ0) is 15.5. The highest BCUT2D eigenvalue weighted by Gasteiger charge is 2.20. The number of carboxylic acid groups (broad SMARTS) is 1. The number of benzene rings is 1. The predicted molar refractivity (Wildman–Crippen MR) is 85.5 cm³/mol. The van der Waals surface area contributed by atoms with Crippen LogP contribution in [0.25, 0.3) is 11.3 Å². The first-order chi connectivity index (χ1) is 10.7. The standard InChI is InChI=1S/C16H16ClN3O2/c17-13-7-3-2-6-11(13)14-12(15(21)22)10-18-16(19-14)20-8-4-1-5-9-20/h2-3,6-7,10H,1,4-5,8-9H2,(H,21,22).